The number of nitrogens with two attached hydrogens (primary N) is 1. The van der Waals surface area contributed by atoms with E-state index >= 15 is 0 Å². The summed E-state index contributed by atoms with van der Waals surface area (Å²) in [4.78, 5) is 0.160. The number of primary sulfonamides is 1. The largest absolute Gasteiger partial charge is 0.493 e. The molecule has 19 heavy (non-hydrogen) atoms. The molecule has 0 spiro atoms. The van der Waals surface area contributed by atoms with E-state index in [1.807, 2.05) is 6.92 Å². The molecule has 0 amide bonds. The molecular formula is C14H23NO3S. The van der Waals surface area contributed by atoms with E-state index in [1.54, 1.807) is 19.1 Å². The molecule has 0 fully saturated rings. The maximum atomic E-state index is 11.4. The van der Waals surface area contributed by atoms with Gasteiger partial charge in [0.15, 0.2) is 0 Å². The first kappa shape index (κ1) is 16.0. The monoisotopic (exact) mass is 285 g/mol. The first-order valence-corrected chi connectivity index (χ1v) is 7.82. The lowest BCUT2D eigenvalue weighted by molar-refractivity contribution is 0.241. The highest BCUT2D eigenvalue weighted by atomic mass is 32.2. The van der Waals surface area contributed by atoms with Crippen LogP contribution in [0, 0.1) is 19.3 Å². The number of benzene rings is 1. The maximum absolute atomic E-state index is 11.4. The van der Waals surface area contributed by atoms with Gasteiger partial charge in [-0.3, -0.25) is 0 Å². The second-order valence-electron chi connectivity index (χ2n) is 6.09. The Morgan fingerprint density at radius 1 is 1.16 bits per heavy atom. The average molecular weight is 285 g/mol. The molecule has 4 nitrogen and oxygen atoms in total. The van der Waals surface area contributed by atoms with Crippen LogP contribution in [0.1, 0.15) is 38.3 Å². The van der Waals surface area contributed by atoms with Crippen LogP contribution in [0.4, 0.5) is 0 Å². The molecule has 5 heteroatoms. The number of aryl methyl sites for hydroxylation is 2. The molecule has 0 aliphatic rings. The van der Waals surface area contributed by atoms with Gasteiger partial charge < -0.3 is 4.74 Å². The summed E-state index contributed by atoms with van der Waals surface area (Å²) in [7, 11) is -3.67. The van der Waals surface area contributed by atoms with Gasteiger partial charge in [-0.2, -0.15) is 0 Å². The predicted molar refractivity (Wildman–Crippen MR) is 76.9 cm³/mol. The zero-order valence-electron chi connectivity index (χ0n) is 12.3. The highest BCUT2D eigenvalue weighted by Crippen LogP contribution is 2.26. The van der Waals surface area contributed by atoms with E-state index in [4.69, 9.17) is 9.88 Å². The molecule has 0 unspecified atom stereocenters. The molecule has 0 atom stereocenters. The number of rotatable bonds is 4. The fraction of sp³-hybridized carbons (Fsp3) is 0.571. The Morgan fingerprint density at radius 2 is 1.74 bits per heavy atom. The van der Waals surface area contributed by atoms with Crippen LogP contribution in [0.25, 0.3) is 0 Å². The Balaban J connectivity index is 2.91. The van der Waals surface area contributed by atoms with Crippen LogP contribution in [-0.2, 0) is 10.0 Å². The van der Waals surface area contributed by atoms with Gasteiger partial charge in [-0.25, -0.2) is 13.6 Å². The molecule has 108 valence electrons. The van der Waals surface area contributed by atoms with Crippen molar-refractivity contribution in [2.45, 2.75) is 45.9 Å². The molecule has 0 heterocycles. The minimum atomic E-state index is -3.67. The quantitative estimate of drug-likeness (QED) is 0.924. The van der Waals surface area contributed by atoms with E-state index in [0.717, 1.165) is 12.0 Å². The van der Waals surface area contributed by atoms with Crippen molar-refractivity contribution < 1.29 is 13.2 Å². The van der Waals surface area contributed by atoms with E-state index in [0.29, 0.717) is 17.9 Å². The zero-order valence-corrected chi connectivity index (χ0v) is 13.1. The van der Waals surface area contributed by atoms with Crippen LogP contribution in [0.2, 0.25) is 0 Å². The Kier molecular flexibility index (Phi) is 4.63. The second kappa shape index (κ2) is 5.51. The highest BCUT2D eigenvalue weighted by molar-refractivity contribution is 7.89. The van der Waals surface area contributed by atoms with Gasteiger partial charge in [0, 0.05) is 0 Å². The fourth-order valence-electron chi connectivity index (χ4n) is 1.69. The molecule has 0 aliphatic heterocycles. The van der Waals surface area contributed by atoms with Gasteiger partial charge in [-0.05, 0) is 48.9 Å². The van der Waals surface area contributed by atoms with Crippen LogP contribution >= 0.6 is 0 Å². The van der Waals surface area contributed by atoms with E-state index < -0.39 is 10.0 Å². The Morgan fingerprint density at radius 3 is 2.21 bits per heavy atom. The Bertz CT molecular complexity index is 557. The van der Waals surface area contributed by atoms with Crippen molar-refractivity contribution in [3.8, 4) is 5.75 Å². The lowest BCUT2D eigenvalue weighted by Gasteiger charge is -2.19. The second-order valence-corrected chi connectivity index (χ2v) is 7.62. The van der Waals surface area contributed by atoms with Gasteiger partial charge in [-0.15, -0.1) is 0 Å². The average Bonchev–Trinajstić information content (AvgIpc) is 2.19. The van der Waals surface area contributed by atoms with Gasteiger partial charge in [0.1, 0.15) is 5.75 Å². The minimum absolute atomic E-state index is 0.160. The number of hydrogen-bond acceptors (Lipinski definition) is 3. The zero-order chi connectivity index (χ0) is 14.8. The first-order chi connectivity index (χ1) is 8.50. The van der Waals surface area contributed by atoms with Gasteiger partial charge in [0.25, 0.3) is 0 Å². The van der Waals surface area contributed by atoms with Gasteiger partial charge in [0.2, 0.25) is 10.0 Å². The normalized spacial score (nSPS) is 12.5. The smallest absolute Gasteiger partial charge is 0.238 e. The third kappa shape index (κ3) is 4.84. The van der Waals surface area contributed by atoms with Crippen LogP contribution in [-0.4, -0.2) is 15.0 Å². The topological polar surface area (TPSA) is 69.4 Å². The van der Waals surface area contributed by atoms with Crippen molar-refractivity contribution in [1.29, 1.82) is 0 Å². The van der Waals surface area contributed by atoms with Crippen LogP contribution in [0.3, 0.4) is 0 Å². The van der Waals surface area contributed by atoms with E-state index in [2.05, 4.69) is 20.8 Å². The van der Waals surface area contributed by atoms with E-state index in [-0.39, 0.29) is 10.3 Å². The van der Waals surface area contributed by atoms with E-state index in [9.17, 15) is 8.42 Å². The summed E-state index contributed by atoms with van der Waals surface area (Å²) in [5.74, 6) is 0.717. The molecule has 0 radical (unpaired) electrons. The summed E-state index contributed by atoms with van der Waals surface area (Å²) in [6.45, 7) is 10.6. The van der Waals surface area contributed by atoms with Gasteiger partial charge >= 0.3 is 0 Å². The maximum Gasteiger partial charge on any atom is 0.238 e. The molecule has 0 aromatic heterocycles. The summed E-state index contributed by atoms with van der Waals surface area (Å²) in [6.07, 6.45) is 0.933. The number of ether oxygens (including phenoxy) is 1. The third-order valence-corrected chi connectivity index (χ3v) is 3.94. The summed E-state index contributed by atoms with van der Waals surface area (Å²) in [5, 5.41) is 5.17. The van der Waals surface area contributed by atoms with Crippen LogP contribution < -0.4 is 9.88 Å². The molecule has 1 rings (SSSR count). The number of sulfonamides is 1. The van der Waals surface area contributed by atoms with Gasteiger partial charge in [-0.1, -0.05) is 20.8 Å². The summed E-state index contributed by atoms with van der Waals surface area (Å²) >= 11 is 0. The molecular weight excluding hydrogens is 262 g/mol. The van der Waals surface area contributed by atoms with Gasteiger partial charge in [0.05, 0.1) is 11.5 Å². The molecule has 2 N–H and O–H groups in total. The Labute approximate surface area is 116 Å². The van der Waals surface area contributed by atoms with Crippen molar-refractivity contribution in [3.05, 3.63) is 23.3 Å². The lowest BCUT2D eigenvalue weighted by atomic mass is 9.93. The van der Waals surface area contributed by atoms with Crippen molar-refractivity contribution in [3.63, 3.8) is 0 Å². The van der Waals surface area contributed by atoms with Crippen molar-refractivity contribution in [2.75, 3.05) is 6.61 Å². The molecule has 1 aromatic rings. The highest BCUT2D eigenvalue weighted by Gasteiger charge is 2.15. The predicted octanol–water partition coefficient (Wildman–Crippen LogP) is 2.77. The summed E-state index contributed by atoms with van der Waals surface area (Å²) in [5.41, 5.74) is 1.60. The summed E-state index contributed by atoms with van der Waals surface area (Å²) in [6, 6.07) is 3.30. The molecule has 0 bridgehead atoms. The van der Waals surface area contributed by atoms with Crippen LogP contribution in [0.15, 0.2) is 17.0 Å². The minimum Gasteiger partial charge on any atom is -0.493 e. The van der Waals surface area contributed by atoms with Crippen molar-refractivity contribution in [1.82, 2.24) is 0 Å². The summed E-state index contributed by atoms with van der Waals surface area (Å²) < 4.78 is 28.5. The number of hydrogen-bond donors (Lipinski definition) is 1. The third-order valence-electron chi connectivity index (χ3n) is 2.89. The van der Waals surface area contributed by atoms with Crippen molar-refractivity contribution in [2.24, 2.45) is 10.6 Å². The van der Waals surface area contributed by atoms with Crippen LogP contribution in [0.5, 0.6) is 5.75 Å². The molecule has 0 saturated carbocycles. The SMILES string of the molecule is Cc1cc(S(N)(=O)=O)c(C)cc1OCCC(C)(C)C. The fourth-order valence-corrected chi connectivity index (χ4v) is 2.54. The molecule has 0 saturated heterocycles. The molecule has 0 aliphatic carbocycles. The van der Waals surface area contributed by atoms with Crippen molar-refractivity contribution >= 4 is 10.0 Å². The lowest BCUT2D eigenvalue weighted by Crippen LogP contribution is -2.15. The molecule has 1 aromatic carbocycles. The van der Waals surface area contributed by atoms with E-state index in [1.165, 1.54) is 0 Å². The first-order valence-electron chi connectivity index (χ1n) is 6.27. The standard InChI is InChI=1S/C14H23NO3S/c1-10-9-13(19(15,16)17)11(2)8-12(10)18-7-6-14(3,4)5/h8-9H,6-7H2,1-5H3,(H2,15,16,17). The Hall–Kier alpha value is -1.07.